The van der Waals surface area contributed by atoms with Crippen LogP contribution in [0.2, 0.25) is 0 Å². The number of hydrogen-bond acceptors (Lipinski definition) is 3. The molecule has 0 spiro atoms. The van der Waals surface area contributed by atoms with Crippen molar-refractivity contribution in [2.75, 3.05) is 7.11 Å². The molecule has 0 bridgehead atoms. The summed E-state index contributed by atoms with van der Waals surface area (Å²) in [4.78, 5) is 10.8. The maximum atomic E-state index is 10.8. The Kier molecular flexibility index (Phi) is 5.84. The Morgan fingerprint density at radius 2 is 2.18 bits per heavy atom. The number of carbonyl (C=O) groups is 1. The van der Waals surface area contributed by atoms with Crippen molar-refractivity contribution in [2.45, 2.75) is 38.6 Å². The summed E-state index contributed by atoms with van der Waals surface area (Å²) in [6.45, 7) is 2.11. The number of hydrogen-bond donors (Lipinski definition) is 1. The Morgan fingerprint density at radius 3 is 2.64 bits per heavy atom. The van der Waals surface area contributed by atoms with Gasteiger partial charge in [0.1, 0.15) is 6.04 Å². The normalized spacial score (nSPS) is 12.6. The van der Waals surface area contributed by atoms with Crippen LogP contribution in [0.15, 0.2) is 0 Å². The van der Waals surface area contributed by atoms with E-state index in [0.29, 0.717) is 0 Å². The minimum atomic E-state index is -0.424. The largest absolute Gasteiger partial charge is 0.468 e. The zero-order valence-corrected chi connectivity index (χ0v) is 7.30. The van der Waals surface area contributed by atoms with Crippen molar-refractivity contribution in [1.29, 1.82) is 0 Å². The Labute approximate surface area is 67.9 Å². The molecule has 3 heteroatoms. The molecule has 2 N–H and O–H groups in total. The van der Waals surface area contributed by atoms with Crippen LogP contribution >= 0.6 is 0 Å². The van der Waals surface area contributed by atoms with Gasteiger partial charge in [-0.15, -0.1) is 0 Å². The molecule has 0 rings (SSSR count). The minimum absolute atomic E-state index is 0.305. The van der Waals surface area contributed by atoms with E-state index < -0.39 is 6.04 Å². The quantitative estimate of drug-likeness (QED) is 0.482. The Bertz CT molecular complexity index is 115. The van der Waals surface area contributed by atoms with E-state index in [0.717, 1.165) is 25.7 Å². The fraction of sp³-hybridized carbons (Fsp3) is 0.875. The van der Waals surface area contributed by atoms with Crippen molar-refractivity contribution in [3.8, 4) is 0 Å². The fourth-order valence-electron chi connectivity index (χ4n) is 0.883. The van der Waals surface area contributed by atoms with E-state index in [1.54, 1.807) is 0 Å². The first-order valence-electron chi connectivity index (χ1n) is 4.05. The maximum absolute atomic E-state index is 10.8. The molecular weight excluding hydrogens is 142 g/mol. The molecule has 0 saturated heterocycles. The predicted octanol–water partition coefficient (Wildman–Crippen LogP) is 1.07. The molecule has 0 aliphatic heterocycles. The van der Waals surface area contributed by atoms with Gasteiger partial charge in [0, 0.05) is 0 Å². The van der Waals surface area contributed by atoms with Gasteiger partial charge in [0.25, 0.3) is 0 Å². The summed E-state index contributed by atoms with van der Waals surface area (Å²) in [6, 6.07) is -0.424. The average molecular weight is 159 g/mol. The van der Waals surface area contributed by atoms with Gasteiger partial charge in [0.05, 0.1) is 7.11 Å². The summed E-state index contributed by atoms with van der Waals surface area (Å²) in [5.74, 6) is -0.305. The first-order chi connectivity index (χ1) is 5.22. The smallest absolute Gasteiger partial charge is 0.322 e. The molecule has 3 nitrogen and oxygen atoms in total. The number of nitrogens with two attached hydrogens (primary N) is 1. The van der Waals surface area contributed by atoms with Gasteiger partial charge < -0.3 is 10.5 Å². The number of unbranched alkanes of at least 4 members (excludes halogenated alkanes) is 2. The molecule has 0 fully saturated rings. The van der Waals surface area contributed by atoms with Crippen molar-refractivity contribution in [1.82, 2.24) is 0 Å². The Hall–Kier alpha value is -0.570. The summed E-state index contributed by atoms with van der Waals surface area (Å²) >= 11 is 0. The van der Waals surface area contributed by atoms with Gasteiger partial charge in [-0.25, -0.2) is 0 Å². The SMILES string of the molecule is CCCCC[C@H](N)C(=O)OC. The molecular formula is C8H17NO2. The van der Waals surface area contributed by atoms with Gasteiger partial charge >= 0.3 is 5.97 Å². The van der Waals surface area contributed by atoms with E-state index in [9.17, 15) is 4.79 Å². The van der Waals surface area contributed by atoms with Gasteiger partial charge in [-0.2, -0.15) is 0 Å². The molecule has 0 amide bonds. The van der Waals surface area contributed by atoms with Crippen molar-refractivity contribution >= 4 is 5.97 Å². The molecule has 66 valence electrons. The Balaban J connectivity index is 3.36. The van der Waals surface area contributed by atoms with E-state index in [1.807, 2.05) is 0 Å². The molecule has 0 unspecified atom stereocenters. The lowest BCUT2D eigenvalue weighted by molar-refractivity contribution is -0.142. The summed E-state index contributed by atoms with van der Waals surface area (Å²) in [6.07, 6.45) is 4.02. The molecule has 0 aromatic heterocycles. The maximum Gasteiger partial charge on any atom is 0.322 e. The molecule has 0 aromatic carbocycles. The van der Waals surface area contributed by atoms with Crippen LogP contribution in [0.3, 0.4) is 0 Å². The number of carbonyl (C=O) groups excluding carboxylic acids is 1. The van der Waals surface area contributed by atoms with Crippen LogP contribution in [0.1, 0.15) is 32.6 Å². The van der Waals surface area contributed by atoms with E-state index in [1.165, 1.54) is 7.11 Å². The topological polar surface area (TPSA) is 52.3 Å². The second-order valence-corrected chi connectivity index (χ2v) is 2.63. The van der Waals surface area contributed by atoms with Crippen LogP contribution in [0, 0.1) is 0 Å². The third-order valence-corrected chi connectivity index (χ3v) is 1.62. The average Bonchev–Trinajstić information content (AvgIpc) is 2.03. The first-order valence-corrected chi connectivity index (χ1v) is 4.05. The monoisotopic (exact) mass is 159 g/mol. The third kappa shape index (κ3) is 4.79. The standard InChI is InChI=1S/C8H17NO2/c1-3-4-5-6-7(9)8(10)11-2/h7H,3-6,9H2,1-2H3/t7-/m0/s1. The third-order valence-electron chi connectivity index (χ3n) is 1.62. The lowest BCUT2D eigenvalue weighted by atomic mass is 10.1. The van der Waals surface area contributed by atoms with Crippen LogP contribution < -0.4 is 5.73 Å². The summed E-state index contributed by atoms with van der Waals surface area (Å²) in [5, 5.41) is 0. The number of methoxy groups -OCH3 is 1. The van der Waals surface area contributed by atoms with Crippen molar-refractivity contribution < 1.29 is 9.53 Å². The summed E-state index contributed by atoms with van der Waals surface area (Å²) in [5.41, 5.74) is 5.49. The van der Waals surface area contributed by atoms with Crippen LogP contribution in [-0.2, 0) is 9.53 Å². The zero-order chi connectivity index (χ0) is 8.69. The van der Waals surface area contributed by atoms with Crippen LogP contribution in [0.5, 0.6) is 0 Å². The van der Waals surface area contributed by atoms with Crippen LogP contribution in [-0.4, -0.2) is 19.1 Å². The molecule has 0 aromatic rings. The van der Waals surface area contributed by atoms with Crippen LogP contribution in [0.25, 0.3) is 0 Å². The number of rotatable bonds is 5. The van der Waals surface area contributed by atoms with Gasteiger partial charge in [-0.1, -0.05) is 26.2 Å². The number of ether oxygens (including phenoxy) is 1. The van der Waals surface area contributed by atoms with Gasteiger partial charge in [-0.05, 0) is 6.42 Å². The molecule has 0 saturated carbocycles. The van der Waals surface area contributed by atoms with E-state index in [2.05, 4.69) is 11.7 Å². The van der Waals surface area contributed by atoms with E-state index >= 15 is 0 Å². The highest BCUT2D eigenvalue weighted by Gasteiger charge is 2.11. The molecule has 0 radical (unpaired) electrons. The predicted molar refractivity (Wildman–Crippen MR) is 44.1 cm³/mol. The van der Waals surface area contributed by atoms with Gasteiger partial charge in [-0.3, -0.25) is 4.79 Å². The molecule has 0 aliphatic carbocycles. The van der Waals surface area contributed by atoms with Gasteiger partial charge in [0.15, 0.2) is 0 Å². The minimum Gasteiger partial charge on any atom is -0.468 e. The summed E-state index contributed by atoms with van der Waals surface area (Å²) < 4.78 is 4.48. The van der Waals surface area contributed by atoms with Crippen molar-refractivity contribution in [2.24, 2.45) is 5.73 Å². The first kappa shape index (κ1) is 10.4. The summed E-state index contributed by atoms with van der Waals surface area (Å²) in [7, 11) is 1.36. The lowest BCUT2D eigenvalue weighted by Crippen LogP contribution is -2.31. The molecule has 1 atom stereocenters. The van der Waals surface area contributed by atoms with Crippen LogP contribution in [0.4, 0.5) is 0 Å². The lowest BCUT2D eigenvalue weighted by Gasteiger charge is -2.07. The zero-order valence-electron chi connectivity index (χ0n) is 7.30. The Morgan fingerprint density at radius 1 is 1.55 bits per heavy atom. The van der Waals surface area contributed by atoms with Gasteiger partial charge in [0.2, 0.25) is 0 Å². The number of esters is 1. The van der Waals surface area contributed by atoms with E-state index in [4.69, 9.17) is 5.73 Å². The molecule has 11 heavy (non-hydrogen) atoms. The second kappa shape index (κ2) is 6.16. The fourth-order valence-corrected chi connectivity index (χ4v) is 0.883. The molecule has 0 heterocycles. The highest BCUT2D eigenvalue weighted by molar-refractivity contribution is 5.75. The second-order valence-electron chi connectivity index (χ2n) is 2.63. The van der Waals surface area contributed by atoms with E-state index in [-0.39, 0.29) is 5.97 Å². The van der Waals surface area contributed by atoms with Crippen molar-refractivity contribution in [3.63, 3.8) is 0 Å². The molecule has 0 aliphatic rings. The highest BCUT2D eigenvalue weighted by Crippen LogP contribution is 2.02. The van der Waals surface area contributed by atoms with Crippen molar-refractivity contribution in [3.05, 3.63) is 0 Å². The highest BCUT2D eigenvalue weighted by atomic mass is 16.5.